The molecule has 0 aliphatic carbocycles. The van der Waals surface area contributed by atoms with Gasteiger partial charge in [-0.2, -0.15) is 5.10 Å². The number of hydrogen-bond donors (Lipinski definition) is 1. The Balaban J connectivity index is 2.06. The zero-order valence-electron chi connectivity index (χ0n) is 10.4. The highest BCUT2D eigenvalue weighted by molar-refractivity contribution is 7.15. The topological polar surface area (TPSA) is 69.0 Å². The van der Waals surface area contributed by atoms with E-state index in [0.29, 0.717) is 17.6 Å². The molecule has 2 rings (SSSR count). The van der Waals surface area contributed by atoms with Crippen molar-refractivity contribution < 1.29 is 9.53 Å². The van der Waals surface area contributed by atoms with Gasteiger partial charge in [0.1, 0.15) is 6.73 Å². The molecule has 0 unspecified atom stereocenters. The number of carbonyl (C=O) groups excluding carboxylic acids is 1. The summed E-state index contributed by atoms with van der Waals surface area (Å²) < 4.78 is 6.47. The number of rotatable bonds is 4. The van der Waals surface area contributed by atoms with Crippen molar-refractivity contribution in [3.63, 3.8) is 0 Å². The number of ether oxygens (including phenoxy) is 1. The average Bonchev–Trinajstić information content (AvgIpc) is 2.88. The summed E-state index contributed by atoms with van der Waals surface area (Å²) >= 11 is 1.45. The van der Waals surface area contributed by atoms with Crippen LogP contribution in [0.2, 0.25) is 0 Å². The van der Waals surface area contributed by atoms with E-state index >= 15 is 0 Å². The van der Waals surface area contributed by atoms with Crippen LogP contribution in [0.4, 0.5) is 5.13 Å². The molecular weight excluding hydrogens is 252 g/mol. The molecule has 0 aliphatic rings. The second-order valence-corrected chi connectivity index (χ2v) is 4.98. The molecule has 0 atom stereocenters. The maximum atomic E-state index is 11.9. The number of nitrogens with one attached hydrogen (secondary N) is 1. The van der Waals surface area contributed by atoms with Crippen molar-refractivity contribution in [2.24, 2.45) is 0 Å². The number of nitrogens with zero attached hydrogens (tertiary/aromatic N) is 3. The first kappa shape index (κ1) is 12.7. The summed E-state index contributed by atoms with van der Waals surface area (Å²) in [5.74, 6) is -0.265. The molecular formula is C11H14N4O2S. The van der Waals surface area contributed by atoms with E-state index in [0.717, 1.165) is 10.6 Å². The quantitative estimate of drug-likeness (QED) is 0.916. The van der Waals surface area contributed by atoms with Crippen LogP contribution in [0.5, 0.6) is 0 Å². The molecule has 2 heterocycles. The Kier molecular flexibility index (Phi) is 3.73. The molecule has 0 spiro atoms. The Labute approximate surface area is 109 Å². The molecule has 0 saturated heterocycles. The molecule has 2 aromatic rings. The lowest BCUT2D eigenvalue weighted by Gasteiger charge is -1.98. The minimum atomic E-state index is -0.265. The molecule has 96 valence electrons. The van der Waals surface area contributed by atoms with Gasteiger partial charge in [-0.05, 0) is 19.9 Å². The molecule has 18 heavy (non-hydrogen) atoms. The van der Waals surface area contributed by atoms with Gasteiger partial charge in [-0.15, -0.1) is 11.3 Å². The van der Waals surface area contributed by atoms with Crippen LogP contribution in [0.25, 0.3) is 0 Å². The molecule has 7 heteroatoms. The third kappa shape index (κ3) is 2.74. The molecule has 2 aromatic heterocycles. The number of methoxy groups -OCH3 is 1. The fourth-order valence-electron chi connectivity index (χ4n) is 1.37. The lowest BCUT2D eigenvalue weighted by Crippen LogP contribution is -2.13. The zero-order valence-corrected chi connectivity index (χ0v) is 11.2. The molecule has 1 N–H and O–H groups in total. The van der Waals surface area contributed by atoms with Gasteiger partial charge in [0.2, 0.25) is 0 Å². The van der Waals surface area contributed by atoms with Crippen LogP contribution in [-0.2, 0) is 11.5 Å². The highest BCUT2D eigenvalue weighted by Crippen LogP contribution is 2.21. The summed E-state index contributed by atoms with van der Waals surface area (Å²) in [6.45, 7) is 4.20. The molecule has 0 fully saturated rings. The van der Waals surface area contributed by atoms with E-state index in [2.05, 4.69) is 15.4 Å². The summed E-state index contributed by atoms with van der Waals surface area (Å²) in [6.07, 6.45) is 1.69. The summed E-state index contributed by atoms with van der Waals surface area (Å²) in [5, 5.41) is 7.40. The predicted molar refractivity (Wildman–Crippen MR) is 68.8 cm³/mol. The van der Waals surface area contributed by atoms with E-state index in [9.17, 15) is 4.79 Å². The minimum Gasteiger partial charge on any atom is -0.362 e. The van der Waals surface area contributed by atoms with Crippen LogP contribution in [-0.4, -0.2) is 27.8 Å². The highest BCUT2D eigenvalue weighted by Gasteiger charge is 2.12. The molecule has 0 saturated carbocycles. The normalized spacial score (nSPS) is 10.6. The number of carbonyl (C=O) groups is 1. The van der Waals surface area contributed by atoms with Crippen molar-refractivity contribution >= 4 is 22.4 Å². The molecule has 0 bridgehead atoms. The van der Waals surface area contributed by atoms with E-state index in [1.165, 1.54) is 11.3 Å². The van der Waals surface area contributed by atoms with E-state index in [4.69, 9.17) is 4.74 Å². The standard InChI is InChI=1S/C11H14N4O2S/c1-7-8(2)18-11(12-7)13-10(16)9-4-5-15(14-9)6-17-3/h4-5H,6H2,1-3H3,(H,12,13,16). The summed E-state index contributed by atoms with van der Waals surface area (Å²) in [6, 6.07) is 1.64. The molecule has 6 nitrogen and oxygen atoms in total. The minimum absolute atomic E-state index is 0.265. The van der Waals surface area contributed by atoms with Gasteiger partial charge in [0, 0.05) is 18.2 Å². The third-order valence-corrected chi connectivity index (χ3v) is 3.37. The van der Waals surface area contributed by atoms with Crippen molar-refractivity contribution in [3.8, 4) is 0 Å². The molecule has 0 aliphatic heterocycles. The van der Waals surface area contributed by atoms with Crippen molar-refractivity contribution in [2.45, 2.75) is 20.6 Å². The summed E-state index contributed by atoms with van der Waals surface area (Å²) in [5.41, 5.74) is 1.28. The van der Waals surface area contributed by atoms with Gasteiger partial charge in [0.15, 0.2) is 10.8 Å². The zero-order chi connectivity index (χ0) is 13.1. The fraction of sp³-hybridized carbons (Fsp3) is 0.364. The van der Waals surface area contributed by atoms with Gasteiger partial charge < -0.3 is 4.74 Å². The Bertz CT molecular complexity index is 542. The molecule has 1 amide bonds. The van der Waals surface area contributed by atoms with E-state index in [-0.39, 0.29) is 5.91 Å². The van der Waals surface area contributed by atoms with Crippen molar-refractivity contribution in [1.82, 2.24) is 14.8 Å². The second-order valence-electron chi connectivity index (χ2n) is 3.77. The van der Waals surface area contributed by atoms with Crippen LogP contribution >= 0.6 is 11.3 Å². The Morgan fingerprint density at radius 3 is 2.94 bits per heavy atom. The summed E-state index contributed by atoms with van der Waals surface area (Å²) in [4.78, 5) is 17.2. The van der Waals surface area contributed by atoms with Crippen LogP contribution in [0, 0.1) is 13.8 Å². The SMILES string of the molecule is COCn1ccc(C(=O)Nc2nc(C)c(C)s2)n1. The average molecular weight is 266 g/mol. The largest absolute Gasteiger partial charge is 0.362 e. The van der Waals surface area contributed by atoms with Gasteiger partial charge in [0.25, 0.3) is 5.91 Å². The number of anilines is 1. The first-order valence-electron chi connectivity index (χ1n) is 5.38. The summed E-state index contributed by atoms with van der Waals surface area (Å²) in [7, 11) is 1.57. The van der Waals surface area contributed by atoms with Crippen LogP contribution < -0.4 is 5.32 Å². The van der Waals surface area contributed by atoms with E-state index in [1.54, 1.807) is 24.1 Å². The number of aromatic nitrogens is 3. The van der Waals surface area contributed by atoms with Crippen LogP contribution in [0.1, 0.15) is 21.1 Å². The van der Waals surface area contributed by atoms with Gasteiger partial charge in [-0.1, -0.05) is 0 Å². The number of thiazole rings is 1. The van der Waals surface area contributed by atoms with Gasteiger partial charge in [-0.3, -0.25) is 10.1 Å². The maximum absolute atomic E-state index is 11.9. The van der Waals surface area contributed by atoms with Crippen LogP contribution in [0.15, 0.2) is 12.3 Å². The fourth-order valence-corrected chi connectivity index (χ4v) is 2.18. The lowest BCUT2D eigenvalue weighted by molar-refractivity contribution is 0.101. The Hall–Kier alpha value is -1.73. The predicted octanol–water partition coefficient (Wildman–Crippen LogP) is 1.81. The van der Waals surface area contributed by atoms with E-state index in [1.807, 2.05) is 13.8 Å². The van der Waals surface area contributed by atoms with Gasteiger partial charge >= 0.3 is 0 Å². The second kappa shape index (κ2) is 5.28. The van der Waals surface area contributed by atoms with Crippen molar-refractivity contribution in [2.75, 3.05) is 12.4 Å². The van der Waals surface area contributed by atoms with Gasteiger partial charge in [-0.25, -0.2) is 9.67 Å². The van der Waals surface area contributed by atoms with Crippen molar-refractivity contribution in [1.29, 1.82) is 0 Å². The smallest absolute Gasteiger partial charge is 0.277 e. The first-order chi connectivity index (χ1) is 8.60. The Morgan fingerprint density at radius 2 is 2.33 bits per heavy atom. The lowest BCUT2D eigenvalue weighted by atomic mass is 10.4. The van der Waals surface area contributed by atoms with E-state index < -0.39 is 0 Å². The number of aryl methyl sites for hydroxylation is 2. The molecule has 0 aromatic carbocycles. The van der Waals surface area contributed by atoms with Crippen molar-refractivity contribution in [3.05, 3.63) is 28.5 Å². The number of hydrogen-bond acceptors (Lipinski definition) is 5. The first-order valence-corrected chi connectivity index (χ1v) is 6.19. The third-order valence-electron chi connectivity index (χ3n) is 2.38. The number of amides is 1. The molecule has 0 radical (unpaired) electrons. The maximum Gasteiger partial charge on any atom is 0.277 e. The van der Waals surface area contributed by atoms with Crippen LogP contribution in [0.3, 0.4) is 0 Å². The Morgan fingerprint density at radius 1 is 1.56 bits per heavy atom. The monoisotopic (exact) mass is 266 g/mol. The highest BCUT2D eigenvalue weighted by atomic mass is 32.1. The van der Waals surface area contributed by atoms with Gasteiger partial charge in [0.05, 0.1) is 5.69 Å².